The predicted molar refractivity (Wildman–Crippen MR) is 105 cm³/mol. The first-order valence-corrected chi connectivity index (χ1v) is 10.5. The van der Waals surface area contributed by atoms with Crippen LogP contribution in [0.4, 0.5) is 0 Å². The summed E-state index contributed by atoms with van der Waals surface area (Å²) in [5.41, 5.74) is 5.57. The topological polar surface area (TPSA) is 24.9 Å². The van der Waals surface area contributed by atoms with Crippen LogP contribution in [0.1, 0.15) is 68.0 Å². The predicted octanol–water partition coefficient (Wildman–Crippen LogP) is 5.57. The van der Waals surface area contributed by atoms with Crippen molar-refractivity contribution in [3.63, 3.8) is 0 Å². The van der Waals surface area contributed by atoms with E-state index in [9.17, 15) is 0 Å². The Morgan fingerprint density at radius 1 is 1.12 bits per heavy atom. The second-order valence-corrected chi connectivity index (χ2v) is 7.80. The molecule has 1 aliphatic rings. The molecule has 0 radical (unpaired) electrons. The van der Waals surface area contributed by atoms with E-state index >= 15 is 0 Å². The molecule has 1 aromatic carbocycles. The average Bonchev–Trinajstić information content (AvgIpc) is 3.11. The first-order valence-electron chi connectivity index (χ1n) is 9.60. The maximum atomic E-state index is 4.99. The van der Waals surface area contributed by atoms with Gasteiger partial charge in [0.25, 0.3) is 0 Å². The second kappa shape index (κ2) is 8.77. The first-order chi connectivity index (χ1) is 11.8. The van der Waals surface area contributed by atoms with Crippen molar-refractivity contribution in [1.82, 2.24) is 10.3 Å². The van der Waals surface area contributed by atoms with Crippen molar-refractivity contribution < 1.29 is 0 Å². The Balaban J connectivity index is 1.70. The number of rotatable bonds is 8. The Morgan fingerprint density at radius 3 is 2.75 bits per heavy atom. The molecule has 0 saturated heterocycles. The quantitative estimate of drug-likeness (QED) is 0.634. The highest BCUT2D eigenvalue weighted by Gasteiger charge is 2.16. The Kier molecular flexibility index (Phi) is 6.44. The normalized spacial score (nSPS) is 15.2. The molecule has 1 unspecified atom stereocenters. The Bertz CT molecular complexity index is 647. The van der Waals surface area contributed by atoms with Crippen LogP contribution in [0.2, 0.25) is 0 Å². The van der Waals surface area contributed by atoms with Gasteiger partial charge in [-0.3, -0.25) is 0 Å². The van der Waals surface area contributed by atoms with Crippen LogP contribution in [0.25, 0.3) is 11.3 Å². The summed E-state index contributed by atoms with van der Waals surface area (Å²) in [7, 11) is 0. The lowest BCUT2D eigenvalue weighted by Crippen LogP contribution is -2.18. The van der Waals surface area contributed by atoms with Gasteiger partial charge in [0.15, 0.2) is 0 Å². The van der Waals surface area contributed by atoms with Crippen LogP contribution in [0, 0.1) is 0 Å². The van der Waals surface area contributed by atoms with Gasteiger partial charge in [0.05, 0.1) is 10.7 Å². The van der Waals surface area contributed by atoms with E-state index in [2.05, 4.69) is 42.7 Å². The molecule has 0 fully saturated rings. The lowest BCUT2D eigenvalue weighted by Gasteiger charge is -2.16. The number of thiazole rings is 1. The molecule has 1 aliphatic carbocycles. The van der Waals surface area contributed by atoms with Gasteiger partial charge in [-0.05, 0) is 75.2 Å². The first kappa shape index (κ1) is 17.6. The van der Waals surface area contributed by atoms with Gasteiger partial charge in [-0.15, -0.1) is 11.3 Å². The molecule has 2 aromatic rings. The maximum Gasteiger partial charge on any atom is 0.0963 e. The number of hydrogen-bond acceptors (Lipinski definition) is 3. The number of nitrogens with one attached hydrogen (secondary N) is 1. The van der Waals surface area contributed by atoms with Crippen molar-refractivity contribution >= 4 is 11.3 Å². The fourth-order valence-corrected chi connectivity index (χ4v) is 4.63. The molecule has 3 heteroatoms. The Hall–Kier alpha value is -1.19. The smallest absolute Gasteiger partial charge is 0.0963 e. The van der Waals surface area contributed by atoms with E-state index in [1.165, 1.54) is 61.2 Å². The minimum Gasteiger partial charge on any atom is -0.317 e. The number of fused-ring (bicyclic) bond motifs is 1. The van der Waals surface area contributed by atoms with E-state index in [4.69, 9.17) is 4.98 Å². The summed E-state index contributed by atoms with van der Waals surface area (Å²) in [5.74, 6) is 0.589. The molecule has 0 saturated carbocycles. The van der Waals surface area contributed by atoms with Crippen LogP contribution in [0.15, 0.2) is 23.6 Å². The van der Waals surface area contributed by atoms with E-state index in [-0.39, 0.29) is 0 Å². The Morgan fingerprint density at radius 2 is 1.96 bits per heavy atom. The zero-order valence-corrected chi connectivity index (χ0v) is 15.9. The van der Waals surface area contributed by atoms with E-state index in [0.29, 0.717) is 5.92 Å². The van der Waals surface area contributed by atoms with Crippen molar-refractivity contribution in [3.05, 3.63) is 39.7 Å². The molecule has 0 amide bonds. The van der Waals surface area contributed by atoms with Crippen LogP contribution >= 0.6 is 11.3 Å². The molecule has 0 bridgehead atoms. The fraction of sp³-hybridized carbons (Fsp3) is 0.571. The molecular weight excluding hydrogens is 312 g/mol. The number of hydrogen-bond donors (Lipinski definition) is 1. The minimum atomic E-state index is 0.589. The lowest BCUT2D eigenvalue weighted by molar-refractivity contribution is 0.552. The molecular formula is C21H30N2S. The van der Waals surface area contributed by atoms with Crippen molar-refractivity contribution in [2.45, 2.75) is 64.7 Å². The summed E-state index contributed by atoms with van der Waals surface area (Å²) in [6.45, 7) is 6.72. The molecule has 1 heterocycles. The Labute approximate surface area is 150 Å². The number of aryl methyl sites for hydroxylation is 2. The highest BCUT2D eigenvalue weighted by atomic mass is 32.1. The van der Waals surface area contributed by atoms with Gasteiger partial charge in [-0.1, -0.05) is 26.0 Å². The number of aromatic nitrogens is 1. The molecule has 2 nitrogen and oxygen atoms in total. The average molecular weight is 343 g/mol. The third-order valence-corrected chi connectivity index (χ3v) is 6.11. The van der Waals surface area contributed by atoms with Crippen LogP contribution in [0.5, 0.6) is 0 Å². The van der Waals surface area contributed by atoms with Crippen molar-refractivity contribution in [3.8, 4) is 11.3 Å². The van der Waals surface area contributed by atoms with Crippen molar-refractivity contribution in [2.75, 3.05) is 13.1 Å². The number of nitrogens with zero attached hydrogens (tertiary/aromatic N) is 1. The van der Waals surface area contributed by atoms with Gasteiger partial charge < -0.3 is 5.32 Å². The third kappa shape index (κ3) is 4.25. The molecule has 24 heavy (non-hydrogen) atoms. The van der Waals surface area contributed by atoms with Gasteiger partial charge in [-0.25, -0.2) is 4.98 Å². The lowest BCUT2D eigenvalue weighted by atomic mass is 9.90. The molecule has 1 N–H and O–H groups in total. The molecule has 1 atom stereocenters. The van der Waals surface area contributed by atoms with E-state index in [1.807, 2.05) is 11.3 Å². The molecule has 130 valence electrons. The van der Waals surface area contributed by atoms with Gasteiger partial charge in [-0.2, -0.15) is 0 Å². The fourth-order valence-electron chi connectivity index (χ4n) is 3.58. The largest absolute Gasteiger partial charge is 0.317 e. The zero-order valence-electron chi connectivity index (χ0n) is 15.1. The molecule has 3 rings (SSSR count). The van der Waals surface area contributed by atoms with Crippen LogP contribution in [-0.2, 0) is 12.8 Å². The molecule has 1 aromatic heterocycles. The summed E-state index contributed by atoms with van der Waals surface area (Å²) in [5, 5.41) is 7.08. The highest BCUT2D eigenvalue weighted by molar-refractivity contribution is 7.10. The van der Waals surface area contributed by atoms with Gasteiger partial charge >= 0.3 is 0 Å². The van der Waals surface area contributed by atoms with Gasteiger partial charge in [0, 0.05) is 16.9 Å². The second-order valence-electron chi connectivity index (χ2n) is 6.91. The summed E-state index contributed by atoms with van der Waals surface area (Å²) >= 11 is 1.84. The number of benzene rings is 1. The van der Waals surface area contributed by atoms with Gasteiger partial charge in [0.1, 0.15) is 0 Å². The molecule has 0 spiro atoms. The summed E-state index contributed by atoms with van der Waals surface area (Å²) in [6.07, 6.45) is 8.73. The van der Waals surface area contributed by atoms with Gasteiger partial charge in [0.2, 0.25) is 0 Å². The van der Waals surface area contributed by atoms with Crippen molar-refractivity contribution in [2.24, 2.45) is 0 Å². The summed E-state index contributed by atoms with van der Waals surface area (Å²) in [4.78, 5) is 4.99. The van der Waals surface area contributed by atoms with E-state index in [0.717, 1.165) is 13.1 Å². The van der Waals surface area contributed by atoms with E-state index in [1.54, 1.807) is 11.1 Å². The van der Waals surface area contributed by atoms with E-state index < -0.39 is 0 Å². The molecule has 0 aliphatic heterocycles. The third-order valence-electron chi connectivity index (χ3n) is 5.10. The summed E-state index contributed by atoms with van der Waals surface area (Å²) < 4.78 is 0. The maximum absolute atomic E-state index is 4.99. The standard InChI is InChI=1S/C21H30N2S/c1-3-12-22-13-11-16(4-2)21-23-20(15-24-21)19-10-9-17-7-5-6-8-18(17)14-19/h9-10,14-16,22H,3-8,11-13H2,1-2H3. The minimum absolute atomic E-state index is 0.589. The van der Waals surface area contributed by atoms with Crippen LogP contribution in [0.3, 0.4) is 0 Å². The van der Waals surface area contributed by atoms with Crippen LogP contribution in [-0.4, -0.2) is 18.1 Å². The van der Waals surface area contributed by atoms with Crippen molar-refractivity contribution in [1.29, 1.82) is 0 Å². The monoisotopic (exact) mass is 342 g/mol. The summed E-state index contributed by atoms with van der Waals surface area (Å²) in [6, 6.07) is 6.98. The van der Waals surface area contributed by atoms with Crippen LogP contribution < -0.4 is 5.32 Å². The zero-order chi connectivity index (χ0) is 16.8. The highest BCUT2D eigenvalue weighted by Crippen LogP contribution is 2.32. The SMILES string of the molecule is CCCNCCC(CC)c1nc(-c2ccc3c(c2)CCCC3)cs1.